The van der Waals surface area contributed by atoms with Crippen molar-refractivity contribution < 1.29 is 36.9 Å². The lowest BCUT2D eigenvalue weighted by Gasteiger charge is -2.45. The fourth-order valence-corrected chi connectivity index (χ4v) is 5.56. The monoisotopic (exact) mass is 545 g/mol. The Morgan fingerprint density at radius 1 is 1.00 bits per heavy atom. The summed E-state index contributed by atoms with van der Waals surface area (Å²) in [5.74, 6) is -1.78. The Kier molecular flexibility index (Phi) is 8.61. The molecule has 1 aliphatic heterocycles. The van der Waals surface area contributed by atoms with E-state index in [9.17, 15) is 27.5 Å². The predicted molar refractivity (Wildman–Crippen MR) is 139 cm³/mol. The average Bonchev–Trinajstić information content (AvgIpc) is 2.93. The first-order valence-corrected chi connectivity index (χ1v) is 12.6. The molecule has 3 aromatic rings. The summed E-state index contributed by atoms with van der Waals surface area (Å²) in [6, 6.07) is 18.4. The number of piperidine rings is 1. The van der Waals surface area contributed by atoms with Gasteiger partial charge in [0, 0.05) is 43.0 Å². The maximum atomic E-state index is 14.8. The van der Waals surface area contributed by atoms with E-state index in [0.29, 0.717) is 33.8 Å². The zero-order chi connectivity index (χ0) is 28.3. The summed E-state index contributed by atoms with van der Waals surface area (Å²) in [6.45, 7) is 0.966. The summed E-state index contributed by atoms with van der Waals surface area (Å²) in [5, 5.41) is 9.93. The Morgan fingerprint density at radius 2 is 1.69 bits per heavy atom. The van der Waals surface area contributed by atoms with Gasteiger partial charge in [-0.05, 0) is 47.9 Å². The molecule has 1 saturated heterocycles. The number of likely N-dealkylation sites (tertiary alicyclic amines) is 1. The molecule has 5 nitrogen and oxygen atoms in total. The van der Waals surface area contributed by atoms with E-state index in [0.717, 1.165) is 0 Å². The molecule has 0 aliphatic carbocycles. The minimum absolute atomic E-state index is 0.0601. The van der Waals surface area contributed by atoms with E-state index in [2.05, 4.69) is 0 Å². The van der Waals surface area contributed by atoms with Gasteiger partial charge in [-0.1, -0.05) is 42.5 Å². The SMILES string of the molecule is COc1cccc(C(=O)[C@H]2CN(CC(O)C(F)(F)F)C[C@H](c3ccccc3OC)[C@H]2c2cccc(F)c2C)c1. The number of benzene rings is 3. The lowest BCUT2D eigenvalue weighted by Crippen LogP contribution is -2.51. The van der Waals surface area contributed by atoms with Crippen LogP contribution in [0.5, 0.6) is 11.5 Å². The molecule has 4 atom stereocenters. The van der Waals surface area contributed by atoms with Crippen LogP contribution in [0.25, 0.3) is 0 Å². The number of carbonyl (C=O) groups excluding carboxylic acids is 1. The van der Waals surface area contributed by atoms with E-state index in [1.165, 1.54) is 25.2 Å². The molecule has 1 heterocycles. The minimum Gasteiger partial charge on any atom is -0.497 e. The molecule has 1 fully saturated rings. The fourth-order valence-electron chi connectivity index (χ4n) is 5.56. The Hall–Kier alpha value is -3.43. The van der Waals surface area contributed by atoms with Crippen molar-refractivity contribution in [1.29, 1.82) is 0 Å². The largest absolute Gasteiger partial charge is 0.497 e. The highest BCUT2D eigenvalue weighted by Gasteiger charge is 2.46. The molecule has 4 rings (SSSR count). The third-order valence-corrected chi connectivity index (χ3v) is 7.48. The lowest BCUT2D eigenvalue weighted by molar-refractivity contribution is -0.209. The fraction of sp³-hybridized carbons (Fsp3) is 0.367. The normalized spacial score (nSPS) is 20.9. The summed E-state index contributed by atoms with van der Waals surface area (Å²) in [6.07, 6.45) is -7.40. The van der Waals surface area contributed by atoms with Crippen LogP contribution < -0.4 is 9.47 Å². The van der Waals surface area contributed by atoms with Crippen molar-refractivity contribution in [2.75, 3.05) is 33.9 Å². The highest BCUT2D eigenvalue weighted by molar-refractivity contribution is 5.99. The van der Waals surface area contributed by atoms with Gasteiger partial charge in [-0.25, -0.2) is 4.39 Å². The number of aliphatic hydroxyl groups excluding tert-OH is 1. The second-order valence-corrected chi connectivity index (χ2v) is 9.81. The predicted octanol–water partition coefficient (Wildman–Crippen LogP) is 5.76. The van der Waals surface area contributed by atoms with Crippen molar-refractivity contribution in [2.24, 2.45) is 5.92 Å². The first kappa shape index (κ1) is 28.6. The van der Waals surface area contributed by atoms with Gasteiger partial charge in [0.15, 0.2) is 11.9 Å². The number of ketones is 1. The van der Waals surface area contributed by atoms with Gasteiger partial charge in [-0.15, -0.1) is 0 Å². The highest BCUT2D eigenvalue weighted by atomic mass is 19.4. The summed E-state index contributed by atoms with van der Waals surface area (Å²) in [7, 11) is 2.97. The number of alkyl halides is 3. The van der Waals surface area contributed by atoms with Crippen LogP contribution in [-0.2, 0) is 0 Å². The summed E-state index contributed by atoms with van der Waals surface area (Å²) >= 11 is 0. The topological polar surface area (TPSA) is 59.0 Å². The van der Waals surface area contributed by atoms with Crippen LogP contribution in [0.3, 0.4) is 0 Å². The third-order valence-electron chi connectivity index (χ3n) is 7.48. The summed E-state index contributed by atoms with van der Waals surface area (Å²) in [4.78, 5) is 15.6. The van der Waals surface area contributed by atoms with Crippen LogP contribution in [0.4, 0.5) is 17.6 Å². The van der Waals surface area contributed by atoms with Gasteiger partial charge in [0.1, 0.15) is 17.3 Å². The molecule has 1 aliphatic rings. The van der Waals surface area contributed by atoms with Crippen molar-refractivity contribution in [1.82, 2.24) is 4.90 Å². The lowest BCUT2D eigenvalue weighted by atomic mass is 9.67. The molecule has 39 heavy (non-hydrogen) atoms. The molecular formula is C30H31F4NO4. The van der Waals surface area contributed by atoms with Crippen LogP contribution in [0.2, 0.25) is 0 Å². The van der Waals surface area contributed by atoms with E-state index < -0.39 is 42.4 Å². The molecule has 1 N–H and O–H groups in total. The van der Waals surface area contributed by atoms with Crippen molar-refractivity contribution in [3.63, 3.8) is 0 Å². The van der Waals surface area contributed by atoms with Crippen LogP contribution in [-0.4, -0.2) is 61.9 Å². The van der Waals surface area contributed by atoms with Gasteiger partial charge >= 0.3 is 6.18 Å². The number of Topliss-reactive ketones (excluding diaryl/α,β-unsaturated/α-hetero) is 1. The van der Waals surface area contributed by atoms with Crippen LogP contribution >= 0.6 is 0 Å². The number of nitrogens with zero attached hydrogens (tertiary/aromatic N) is 1. The second kappa shape index (κ2) is 11.8. The first-order valence-electron chi connectivity index (χ1n) is 12.6. The smallest absolute Gasteiger partial charge is 0.415 e. The molecule has 208 valence electrons. The quantitative estimate of drug-likeness (QED) is 0.288. The van der Waals surface area contributed by atoms with Crippen molar-refractivity contribution in [3.8, 4) is 11.5 Å². The van der Waals surface area contributed by atoms with Gasteiger partial charge in [-0.2, -0.15) is 13.2 Å². The number of methoxy groups -OCH3 is 2. The van der Waals surface area contributed by atoms with Crippen LogP contribution in [0.15, 0.2) is 66.7 Å². The number of carbonyl (C=O) groups is 1. The highest BCUT2D eigenvalue weighted by Crippen LogP contribution is 2.48. The second-order valence-electron chi connectivity index (χ2n) is 9.81. The Balaban J connectivity index is 1.89. The maximum Gasteiger partial charge on any atom is 0.415 e. The van der Waals surface area contributed by atoms with Gasteiger partial charge in [0.2, 0.25) is 0 Å². The van der Waals surface area contributed by atoms with Crippen molar-refractivity contribution in [2.45, 2.75) is 31.0 Å². The first-order chi connectivity index (χ1) is 18.5. The standard InChI is InChI=1S/C30H31F4NO4/c1-18-21(11-7-12-25(18)31)28-23(22-10-4-5-13-26(22)39-3)15-35(17-27(36)30(32,33)34)16-24(28)29(37)19-8-6-9-20(14-19)38-2/h4-14,23-24,27-28,36H,15-17H2,1-3H3/t23-,24+,27?,28-/m1/s1. The zero-order valence-corrected chi connectivity index (χ0v) is 21.9. The average molecular weight is 546 g/mol. The number of ether oxygens (including phenoxy) is 2. The van der Waals surface area contributed by atoms with Crippen LogP contribution in [0.1, 0.15) is 38.9 Å². The van der Waals surface area contributed by atoms with Gasteiger partial charge in [0.25, 0.3) is 0 Å². The van der Waals surface area contributed by atoms with E-state index in [1.54, 1.807) is 61.5 Å². The molecule has 0 spiro atoms. The molecule has 0 bridgehead atoms. The summed E-state index contributed by atoms with van der Waals surface area (Å²) < 4.78 is 65.8. The van der Waals surface area contributed by atoms with E-state index in [1.807, 2.05) is 6.07 Å². The zero-order valence-electron chi connectivity index (χ0n) is 21.9. The molecule has 9 heteroatoms. The molecule has 3 aromatic carbocycles. The van der Waals surface area contributed by atoms with Crippen LogP contribution in [0, 0.1) is 18.7 Å². The molecular weight excluding hydrogens is 514 g/mol. The molecule has 0 saturated carbocycles. The number of halogens is 4. The maximum absolute atomic E-state index is 14.8. The number of aliphatic hydroxyl groups is 1. The Labute approximate surface area is 225 Å². The van der Waals surface area contributed by atoms with E-state index in [4.69, 9.17) is 9.47 Å². The number of hydrogen-bond acceptors (Lipinski definition) is 5. The van der Waals surface area contributed by atoms with Gasteiger partial charge < -0.3 is 14.6 Å². The van der Waals surface area contributed by atoms with Crippen molar-refractivity contribution >= 4 is 5.78 Å². The van der Waals surface area contributed by atoms with Gasteiger partial charge in [-0.3, -0.25) is 9.69 Å². The number of para-hydroxylation sites is 1. The van der Waals surface area contributed by atoms with E-state index >= 15 is 0 Å². The molecule has 1 unspecified atom stereocenters. The van der Waals surface area contributed by atoms with Crippen molar-refractivity contribution in [3.05, 3.63) is 94.8 Å². The summed E-state index contributed by atoms with van der Waals surface area (Å²) in [5.41, 5.74) is 1.98. The number of hydrogen-bond donors (Lipinski definition) is 1. The van der Waals surface area contributed by atoms with Gasteiger partial charge in [0.05, 0.1) is 14.2 Å². The number of rotatable bonds is 8. The molecule has 0 radical (unpaired) electrons. The Bertz CT molecular complexity index is 1310. The third kappa shape index (κ3) is 6.09. The molecule has 0 amide bonds. The van der Waals surface area contributed by atoms with E-state index in [-0.39, 0.29) is 18.9 Å². The number of β-amino-alcohol motifs (C(OH)–C–C–N with tert-alkyl or cyclic N) is 1. The molecule has 0 aromatic heterocycles. The minimum atomic E-state index is -4.82. The Morgan fingerprint density at radius 3 is 2.38 bits per heavy atom.